The third-order valence-electron chi connectivity index (χ3n) is 10.0. The number of pyridine rings is 3. The molecule has 0 aliphatic heterocycles. The molecule has 0 saturated heterocycles. The summed E-state index contributed by atoms with van der Waals surface area (Å²) >= 11 is 0. The molecule has 0 saturated carbocycles. The van der Waals surface area contributed by atoms with Crippen molar-refractivity contribution in [2.45, 2.75) is 13.3 Å². The molecular weight excluding hydrogens is 637 g/mol. The minimum Gasteiger partial charge on any atom is -0.309 e. The van der Waals surface area contributed by atoms with E-state index in [1.807, 2.05) is 43.3 Å². The molecule has 0 fully saturated rings. The third-order valence-corrected chi connectivity index (χ3v) is 10.0. The number of aromatic nitrogens is 5. The lowest BCUT2D eigenvalue weighted by molar-refractivity contribution is 1.09. The van der Waals surface area contributed by atoms with Gasteiger partial charge in [-0.2, -0.15) is 0 Å². The first kappa shape index (κ1) is 31.1. The van der Waals surface area contributed by atoms with E-state index >= 15 is 0 Å². The van der Waals surface area contributed by atoms with Crippen LogP contribution in [0.5, 0.6) is 0 Å². The molecule has 4 aromatic carbocycles. The molecule has 0 spiro atoms. The van der Waals surface area contributed by atoms with E-state index in [1.165, 1.54) is 38.9 Å². The van der Waals surface area contributed by atoms with E-state index in [4.69, 9.17) is 0 Å². The predicted molar refractivity (Wildman–Crippen MR) is 214 cm³/mol. The zero-order chi connectivity index (χ0) is 35.0. The molecule has 0 aliphatic rings. The number of nitrogens with zero attached hydrogens (tertiary/aromatic N) is 6. The molecule has 0 atom stereocenters. The van der Waals surface area contributed by atoms with E-state index in [0.717, 1.165) is 56.2 Å². The Labute approximate surface area is 301 Å². The van der Waals surface area contributed by atoms with Crippen molar-refractivity contribution in [2.75, 3.05) is 0 Å². The van der Waals surface area contributed by atoms with Gasteiger partial charge in [-0.05, 0) is 108 Å². The Morgan fingerprint density at radius 1 is 0.519 bits per heavy atom. The lowest BCUT2D eigenvalue weighted by Crippen LogP contribution is -1.97. The Kier molecular flexibility index (Phi) is 7.82. The van der Waals surface area contributed by atoms with Crippen LogP contribution in [0.1, 0.15) is 22.4 Å². The molecular formula is C46H34N6. The van der Waals surface area contributed by atoms with Gasteiger partial charge in [0.1, 0.15) is 0 Å². The highest BCUT2D eigenvalue weighted by Gasteiger charge is 2.15. The van der Waals surface area contributed by atoms with E-state index in [-0.39, 0.29) is 0 Å². The zero-order valence-electron chi connectivity index (χ0n) is 28.7. The first-order valence-electron chi connectivity index (χ1n) is 17.3. The summed E-state index contributed by atoms with van der Waals surface area (Å²) in [4.78, 5) is 17.0. The van der Waals surface area contributed by atoms with Gasteiger partial charge in [-0.15, -0.1) is 0 Å². The number of benzene rings is 4. The van der Waals surface area contributed by atoms with Crippen LogP contribution in [-0.4, -0.2) is 30.8 Å². The molecule has 0 N–H and O–H groups in total. The van der Waals surface area contributed by atoms with Crippen LogP contribution in [0.25, 0.3) is 72.4 Å². The molecule has 9 aromatic rings. The highest BCUT2D eigenvalue weighted by atomic mass is 15.0. The maximum absolute atomic E-state index is 4.35. The Bertz CT molecular complexity index is 2700. The average molecular weight is 671 g/mol. The summed E-state index contributed by atoms with van der Waals surface area (Å²) in [6.45, 7) is 5.73. The molecule has 248 valence electrons. The van der Waals surface area contributed by atoms with Crippen molar-refractivity contribution in [1.82, 2.24) is 24.1 Å². The van der Waals surface area contributed by atoms with Gasteiger partial charge in [0.2, 0.25) is 0 Å². The molecule has 9 rings (SSSR count). The minimum atomic E-state index is 0.876. The number of aliphatic imine (C=N–C) groups is 1. The van der Waals surface area contributed by atoms with Crippen molar-refractivity contribution >= 4 is 45.5 Å². The van der Waals surface area contributed by atoms with Crippen molar-refractivity contribution in [3.05, 3.63) is 181 Å². The van der Waals surface area contributed by atoms with Crippen LogP contribution in [0.4, 0.5) is 0 Å². The van der Waals surface area contributed by atoms with Gasteiger partial charge in [-0.1, -0.05) is 72.8 Å². The molecule has 5 heterocycles. The van der Waals surface area contributed by atoms with Crippen LogP contribution in [-0.2, 0) is 6.42 Å². The second-order valence-electron chi connectivity index (χ2n) is 13.0. The smallest absolute Gasteiger partial charge is 0.0572 e. The van der Waals surface area contributed by atoms with Gasteiger partial charge >= 0.3 is 0 Å². The van der Waals surface area contributed by atoms with Crippen molar-refractivity contribution < 1.29 is 0 Å². The highest BCUT2D eigenvalue weighted by molar-refractivity contribution is 6.08. The van der Waals surface area contributed by atoms with Gasteiger partial charge in [-0.25, -0.2) is 0 Å². The van der Waals surface area contributed by atoms with Crippen LogP contribution in [0.3, 0.4) is 0 Å². The zero-order valence-corrected chi connectivity index (χ0v) is 28.7. The lowest BCUT2D eigenvalue weighted by Gasteiger charge is -2.11. The Hall–Kier alpha value is -6.92. The monoisotopic (exact) mass is 670 g/mol. The Morgan fingerprint density at radius 2 is 0.923 bits per heavy atom. The van der Waals surface area contributed by atoms with Crippen LogP contribution >= 0.6 is 0 Å². The van der Waals surface area contributed by atoms with Crippen LogP contribution in [0.2, 0.25) is 0 Å². The van der Waals surface area contributed by atoms with Gasteiger partial charge in [-0.3, -0.25) is 19.9 Å². The summed E-state index contributed by atoms with van der Waals surface area (Å²) in [5.41, 5.74) is 15.1. The van der Waals surface area contributed by atoms with Crippen LogP contribution < -0.4 is 0 Å². The lowest BCUT2D eigenvalue weighted by atomic mass is 9.98. The third kappa shape index (κ3) is 5.47. The van der Waals surface area contributed by atoms with Gasteiger partial charge in [0.25, 0.3) is 0 Å². The van der Waals surface area contributed by atoms with Crippen molar-refractivity contribution in [1.29, 1.82) is 0 Å². The highest BCUT2D eigenvalue weighted by Crippen LogP contribution is 2.33. The Morgan fingerprint density at radius 3 is 1.38 bits per heavy atom. The van der Waals surface area contributed by atoms with E-state index in [1.54, 1.807) is 6.20 Å². The summed E-state index contributed by atoms with van der Waals surface area (Å²) in [5.74, 6) is 0. The molecule has 0 unspecified atom stereocenters. The maximum atomic E-state index is 4.35. The standard InChI is InChI=1S/C46H34N6/c1-31-40-28-48-24-20-44(40)51(43(31)19-23-47-2)38-15-11-36(12-16-38)34-7-3-32(4-8-34)27-33-5-9-35(10-6-33)37-13-17-39(18-14-37)52-45-21-25-49-29-41(45)42-30-50-26-22-46(42)52/h3-26,28-30H,2,27H2,1H3/b23-19-. The van der Waals surface area contributed by atoms with Crippen molar-refractivity contribution in [3.8, 4) is 33.6 Å². The predicted octanol–water partition coefficient (Wildman–Crippen LogP) is 10.8. The number of fused-ring (bicyclic) bond motifs is 4. The van der Waals surface area contributed by atoms with Gasteiger partial charge < -0.3 is 9.13 Å². The number of aryl methyl sites for hydroxylation is 1. The summed E-state index contributed by atoms with van der Waals surface area (Å²) in [6, 6.07) is 41.5. The second-order valence-corrected chi connectivity index (χ2v) is 13.0. The van der Waals surface area contributed by atoms with Gasteiger partial charge in [0, 0.05) is 70.9 Å². The fourth-order valence-electron chi connectivity index (χ4n) is 7.37. The van der Waals surface area contributed by atoms with Crippen molar-refractivity contribution in [3.63, 3.8) is 0 Å². The molecule has 0 amide bonds. The molecule has 52 heavy (non-hydrogen) atoms. The molecule has 6 heteroatoms. The summed E-state index contributed by atoms with van der Waals surface area (Å²) < 4.78 is 4.53. The first-order valence-corrected chi connectivity index (χ1v) is 17.3. The molecule has 5 aromatic heterocycles. The summed E-state index contributed by atoms with van der Waals surface area (Å²) in [6.07, 6.45) is 15.9. The molecule has 6 nitrogen and oxygen atoms in total. The SMILES string of the molecule is C=N/C=C\c1c(C)c2cnccc2n1-c1ccc(-c2ccc(Cc3ccc(-c4ccc(-n5c6ccncc6c6cnccc65)cc4)cc3)cc2)cc1. The summed E-state index contributed by atoms with van der Waals surface area (Å²) in [7, 11) is 0. The average Bonchev–Trinajstić information content (AvgIpc) is 3.69. The maximum Gasteiger partial charge on any atom is 0.0572 e. The van der Waals surface area contributed by atoms with E-state index in [0.29, 0.717) is 0 Å². The number of hydrogen-bond donors (Lipinski definition) is 0. The molecule has 0 bridgehead atoms. The second kappa shape index (κ2) is 13.1. The number of rotatable bonds is 8. The minimum absolute atomic E-state index is 0.876. The van der Waals surface area contributed by atoms with Gasteiger partial charge in [0.15, 0.2) is 0 Å². The van der Waals surface area contributed by atoms with Crippen molar-refractivity contribution in [2.24, 2.45) is 4.99 Å². The fraction of sp³-hybridized carbons (Fsp3) is 0.0435. The van der Waals surface area contributed by atoms with Crippen LogP contribution in [0, 0.1) is 6.92 Å². The van der Waals surface area contributed by atoms with Gasteiger partial charge in [0.05, 0.1) is 22.2 Å². The number of hydrogen-bond acceptors (Lipinski definition) is 4. The van der Waals surface area contributed by atoms with E-state index in [2.05, 4.69) is 158 Å². The largest absolute Gasteiger partial charge is 0.309 e. The normalized spacial score (nSPS) is 11.6. The Balaban J connectivity index is 0.906. The first-order chi connectivity index (χ1) is 25.7. The fourth-order valence-corrected chi connectivity index (χ4v) is 7.37. The van der Waals surface area contributed by atoms with E-state index in [9.17, 15) is 0 Å². The van der Waals surface area contributed by atoms with E-state index < -0.39 is 0 Å². The topological polar surface area (TPSA) is 60.9 Å². The molecule has 0 radical (unpaired) electrons. The molecule has 0 aliphatic carbocycles. The quantitative estimate of drug-likeness (QED) is 0.151. The van der Waals surface area contributed by atoms with Crippen LogP contribution in [0.15, 0.2) is 164 Å². The summed E-state index contributed by atoms with van der Waals surface area (Å²) in [5, 5.41) is 3.34.